The molecule has 1 atom stereocenters. The number of fused-ring (bicyclic) bond motifs is 2. The van der Waals surface area contributed by atoms with Crippen molar-refractivity contribution in [3.8, 4) is 11.5 Å². The van der Waals surface area contributed by atoms with Crippen LogP contribution >= 0.6 is 0 Å². The van der Waals surface area contributed by atoms with Crippen molar-refractivity contribution in [1.82, 2.24) is 9.97 Å². The van der Waals surface area contributed by atoms with Gasteiger partial charge in [0.1, 0.15) is 11.5 Å². The van der Waals surface area contributed by atoms with Gasteiger partial charge in [0.05, 0.1) is 5.69 Å². The average Bonchev–Trinajstić information content (AvgIpc) is 3.43. The van der Waals surface area contributed by atoms with Gasteiger partial charge in [-0.25, -0.2) is 0 Å². The van der Waals surface area contributed by atoms with Gasteiger partial charge in [0.25, 0.3) is 0 Å². The molecule has 6 aromatic rings. The summed E-state index contributed by atoms with van der Waals surface area (Å²) < 4.78 is 6.49. The summed E-state index contributed by atoms with van der Waals surface area (Å²) in [4.78, 5) is 7.08. The van der Waals surface area contributed by atoms with Crippen LogP contribution in [0, 0.1) is 13.8 Å². The number of H-pyrrole nitrogens is 2. The molecule has 0 bridgehead atoms. The maximum Gasteiger partial charge on any atom is 0.150 e. The molecule has 2 heterocycles. The molecule has 0 unspecified atom stereocenters. The fourth-order valence-electron chi connectivity index (χ4n) is 5.17. The van der Waals surface area contributed by atoms with Gasteiger partial charge >= 0.3 is 0 Å². The Morgan fingerprint density at radius 2 is 1.43 bits per heavy atom. The number of nitrogens with one attached hydrogen (secondary N) is 2. The Morgan fingerprint density at radius 1 is 0.714 bits per heavy atom. The molecule has 0 aliphatic heterocycles. The quantitative estimate of drug-likeness (QED) is 0.231. The van der Waals surface area contributed by atoms with Crippen molar-refractivity contribution in [2.75, 3.05) is 5.73 Å². The van der Waals surface area contributed by atoms with Gasteiger partial charge in [0.2, 0.25) is 0 Å². The molecule has 2 aromatic heterocycles. The zero-order chi connectivity index (χ0) is 23.9. The van der Waals surface area contributed by atoms with Crippen molar-refractivity contribution in [1.29, 1.82) is 0 Å². The SMILES string of the molecule is Cc1ccc(Oc2ccccc2[C@@H](c2c[nH]c3ccccc23)c2c(C)[nH]c3ccccc23)c(N)c1. The summed E-state index contributed by atoms with van der Waals surface area (Å²) in [6.45, 7) is 4.18. The van der Waals surface area contributed by atoms with Crippen LogP contribution in [0.3, 0.4) is 0 Å². The minimum atomic E-state index is -0.0508. The van der Waals surface area contributed by atoms with Crippen LogP contribution in [0.15, 0.2) is 97.2 Å². The topological polar surface area (TPSA) is 66.8 Å². The Kier molecular flexibility index (Phi) is 5.07. The molecular formula is C31H27N3O. The summed E-state index contributed by atoms with van der Waals surface area (Å²) in [5.74, 6) is 1.41. The number of aromatic nitrogens is 2. The predicted octanol–water partition coefficient (Wildman–Crippen LogP) is 7.82. The Hall–Kier alpha value is -4.44. The van der Waals surface area contributed by atoms with Crippen LogP contribution in [0.25, 0.3) is 21.8 Å². The van der Waals surface area contributed by atoms with Crippen LogP contribution in [0.4, 0.5) is 5.69 Å². The highest BCUT2D eigenvalue weighted by molar-refractivity contribution is 5.90. The zero-order valence-corrected chi connectivity index (χ0v) is 19.8. The third-order valence-electron chi connectivity index (χ3n) is 6.78. The van der Waals surface area contributed by atoms with E-state index in [0.29, 0.717) is 11.4 Å². The number of hydrogen-bond donors (Lipinski definition) is 3. The van der Waals surface area contributed by atoms with Crippen molar-refractivity contribution < 1.29 is 4.74 Å². The standard InChI is InChI=1S/C31H27N3O/c1-19-15-16-29(25(32)17-19)35-28-14-8-5-11-23(28)31(24-18-33-26-12-6-3-9-21(24)26)30-20(2)34-27-13-7-4-10-22(27)30/h3-18,31,33-34H,32H2,1-2H3/t31-/m0/s1. The summed E-state index contributed by atoms with van der Waals surface area (Å²) in [5.41, 5.74) is 15.0. The van der Waals surface area contributed by atoms with Crippen LogP contribution in [-0.2, 0) is 0 Å². The third kappa shape index (κ3) is 3.64. The first-order valence-corrected chi connectivity index (χ1v) is 11.9. The predicted molar refractivity (Wildman–Crippen MR) is 144 cm³/mol. The number of nitrogen functional groups attached to an aromatic ring is 1. The molecular weight excluding hydrogens is 430 g/mol. The zero-order valence-electron chi connectivity index (χ0n) is 19.8. The van der Waals surface area contributed by atoms with Gasteiger partial charge in [-0.2, -0.15) is 0 Å². The molecule has 0 fully saturated rings. The van der Waals surface area contributed by atoms with E-state index in [4.69, 9.17) is 10.5 Å². The van der Waals surface area contributed by atoms with E-state index in [1.807, 2.05) is 37.3 Å². The third-order valence-corrected chi connectivity index (χ3v) is 6.78. The first-order valence-electron chi connectivity index (χ1n) is 11.9. The lowest BCUT2D eigenvalue weighted by atomic mass is 9.83. The molecule has 6 rings (SSSR count). The van der Waals surface area contributed by atoms with Crippen LogP contribution in [0.2, 0.25) is 0 Å². The second-order valence-corrected chi connectivity index (χ2v) is 9.11. The van der Waals surface area contributed by atoms with Gasteiger partial charge in [0.15, 0.2) is 0 Å². The van der Waals surface area contributed by atoms with Crippen molar-refractivity contribution in [2.45, 2.75) is 19.8 Å². The van der Waals surface area contributed by atoms with E-state index < -0.39 is 0 Å². The molecule has 172 valence electrons. The highest BCUT2D eigenvalue weighted by Gasteiger charge is 2.28. The number of nitrogens with two attached hydrogens (primary N) is 1. The number of rotatable bonds is 5. The molecule has 4 N–H and O–H groups in total. The van der Waals surface area contributed by atoms with E-state index in [1.165, 1.54) is 21.9 Å². The Bertz CT molecular complexity index is 1670. The number of ether oxygens (including phenoxy) is 1. The maximum atomic E-state index is 6.49. The second-order valence-electron chi connectivity index (χ2n) is 9.11. The summed E-state index contributed by atoms with van der Waals surface area (Å²) in [6, 6.07) is 31.1. The summed E-state index contributed by atoms with van der Waals surface area (Å²) in [7, 11) is 0. The van der Waals surface area contributed by atoms with Crippen molar-refractivity contribution in [2.24, 2.45) is 0 Å². The van der Waals surface area contributed by atoms with E-state index >= 15 is 0 Å². The van der Waals surface area contributed by atoms with Crippen molar-refractivity contribution in [3.63, 3.8) is 0 Å². The lowest BCUT2D eigenvalue weighted by Gasteiger charge is -2.22. The molecule has 0 spiro atoms. The van der Waals surface area contributed by atoms with Crippen LogP contribution in [0.1, 0.15) is 33.9 Å². The lowest BCUT2D eigenvalue weighted by Crippen LogP contribution is -2.06. The van der Waals surface area contributed by atoms with Gasteiger partial charge in [-0.15, -0.1) is 0 Å². The molecule has 4 aromatic carbocycles. The number of para-hydroxylation sites is 3. The van der Waals surface area contributed by atoms with Crippen LogP contribution < -0.4 is 10.5 Å². The second kappa shape index (κ2) is 8.41. The molecule has 35 heavy (non-hydrogen) atoms. The molecule has 0 aliphatic carbocycles. The fourth-order valence-corrected chi connectivity index (χ4v) is 5.17. The number of hydrogen-bond acceptors (Lipinski definition) is 2. The summed E-state index contributed by atoms with van der Waals surface area (Å²) >= 11 is 0. The van der Waals surface area contributed by atoms with E-state index in [-0.39, 0.29) is 5.92 Å². The van der Waals surface area contributed by atoms with Gasteiger partial charge in [-0.05, 0) is 60.9 Å². The summed E-state index contributed by atoms with van der Waals surface area (Å²) in [5, 5.41) is 2.41. The Balaban J connectivity index is 1.60. The average molecular weight is 458 g/mol. The molecule has 4 nitrogen and oxygen atoms in total. The minimum absolute atomic E-state index is 0.0508. The van der Waals surface area contributed by atoms with E-state index in [2.05, 4.69) is 83.8 Å². The number of anilines is 1. The number of aryl methyl sites for hydroxylation is 2. The first kappa shape index (κ1) is 21.1. The smallest absolute Gasteiger partial charge is 0.150 e. The molecule has 0 saturated heterocycles. The minimum Gasteiger partial charge on any atom is -0.455 e. The van der Waals surface area contributed by atoms with Crippen LogP contribution in [0.5, 0.6) is 11.5 Å². The maximum absolute atomic E-state index is 6.49. The lowest BCUT2D eigenvalue weighted by molar-refractivity contribution is 0.477. The summed E-state index contributed by atoms with van der Waals surface area (Å²) in [6.07, 6.45) is 2.13. The molecule has 0 amide bonds. The number of benzene rings is 4. The highest BCUT2D eigenvalue weighted by atomic mass is 16.5. The van der Waals surface area contributed by atoms with E-state index in [1.54, 1.807) is 0 Å². The first-order chi connectivity index (χ1) is 17.1. The van der Waals surface area contributed by atoms with Gasteiger partial charge in [-0.3, -0.25) is 0 Å². The highest BCUT2D eigenvalue weighted by Crippen LogP contribution is 2.45. The molecule has 4 heteroatoms. The van der Waals surface area contributed by atoms with Crippen molar-refractivity contribution in [3.05, 3.63) is 125 Å². The van der Waals surface area contributed by atoms with E-state index in [0.717, 1.165) is 33.6 Å². The van der Waals surface area contributed by atoms with Gasteiger partial charge in [-0.1, -0.05) is 60.7 Å². The number of aromatic amines is 2. The Labute approximate surface area is 204 Å². The molecule has 0 aliphatic rings. The normalized spacial score (nSPS) is 12.3. The Morgan fingerprint density at radius 3 is 2.26 bits per heavy atom. The van der Waals surface area contributed by atoms with Gasteiger partial charge < -0.3 is 20.4 Å². The molecule has 0 saturated carbocycles. The monoisotopic (exact) mass is 457 g/mol. The van der Waals surface area contributed by atoms with Gasteiger partial charge in [0, 0.05) is 45.2 Å². The fraction of sp³-hybridized carbons (Fsp3) is 0.0968. The molecule has 0 radical (unpaired) electrons. The van der Waals surface area contributed by atoms with Crippen molar-refractivity contribution >= 4 is 27.5 Å². The van der Waals surface area contributed by atoms with E-state index in [9.17, 15) is 0 Å². The largest absolute Gasteiger partial charge is 0.455 e. The van der Waals surface area contributed by atoms with Crippen LogP contribution in [-0.4, -0.2) is 9.97 Å².